The predicted molar refractivity (Wildman–Crippen MR) is 59.3 cm³/mol. The summed E-state index contributed by atoms with van der Waals surface area (Å²) in [5, 5.41) is 0. The molecule has 2 atom stereocenters. The highest BCUT2D eigenvalue weighted by atomic mass is 31.3. The topological polar surface area (TPSA) is 138 Å². The van der Waals surface area contributed by atoms with Gasteiger partial charge in [0.25, 0.3) is 0 Å². The maximum Gasteiger partial charge on any atom is 0.538 e. The van der Waals surface area contributed by atoms with E-state index >= 15 is 0 Å². The summed E-state index contributed by atoms with van der Waals surface area (Å²) in [6.45, 7) is 1.52. The maximum absolute atomic E-state index is 11.7. The van der Waals surface area contributed by atoms with Crippen molar-refractivity contribution in [2.45, 2.75) is 6.92 Å². The molecule has 0 aliphatic carbocycles. The molecule has 0 aliphatic rings. The van der Waals surface area contributed by atoms with E-state index in [0.29, 0.717) is 0 Å². The Kier molecular flexibility index (Phi) is 6.95. The Morgan fingerprint density at radius 1 is 0.944 bits per heavy atom. The normalized spacial score (nSPS) is 19.4. The molecule has 18 heavy (non-hydrogen) atoms. The molecular formula is C5H13O10P3. The van der Waals surface area contributed by atoms with Crippen molar-refractivity contribution in [1.82, 2.24) is 0 Å². The van der Waals surface area contributed by atoms with Crippen LogP contribution in [0.2, 0.25) is 0 Å². The Balaban J connectivity index is 5.04. The Hall–Kier alpha value is -0.0100. The van der Waals surface area contributed by atoms with E-state index in [1.807, 2.05) is 0 Å². The zero-order valence-electron chi connectivity index (χ0n) is 9.66. The lowest BCUT2D eigenvalue weighted by Gasteiger charge is -2.19. The minimum atomic E-state index is -5.19. The molecule has 0 saturated carbocycles. The fourth-order valence-corrected chi connectivity index (χ4v) is 4.29. The van der Waals surface area contributed by atoms with Crippen molar-refractivity contribution in [1.29, 1.82) is 0 Å². The molecule has 2 N–H and O–H groups in total. The standard InChI is InChI=1S/C5H13O10P3/c1-4-5-13-17(9,11-2)15-18(10,12-3)14-16(6,7)8/h4-5H,1-3H3,(H2,6,7,8). The van der Waals surface area contributed by atoms with E-state index in [9.17, 15) is 13.7 Å². The van der Waals surface area contributed by atoms with Gasteiger partial charge in [-0.1, -0.05) is 6.08 Å². The van der Waals surface area contributed by atoms with Crippen molar-refractivity contribution >= 4 is 23.5 Å². The molecule has 0 bridgehead atoms. The van der Waals surface area contributed by atoms with E-state index < -0.39 is 23.5 Å². The van der Waals surface area contributed by atoms with Gasteiger partial charge in [-0.3, -0.25) is 9.05 Å². The third kappa shape index (κ3) is 6.80. The second-order valence-corrected chi connectivity index (χ2v) is 7.51. The molecule has 0 aliphatic heterocycles. The molecule has 0 aromatic carbocycles. The first-order valence-corrected chi connectivity index (χ1v) is 8.64. The van der Waals surface area contributed by atoms with E-state index in [0.717, 1.165) is 20.5 Å². The van der Waals surface area contributed by atoms with Crippen LogP contribution in [0.5, 0.6) is 0 Å². The minimum Gasteiger partial charge on any atom is -0.412 e. The molecule has 0 fully saturated rings. The third-order valence-electron chi connectivity index (χ3n) is 1.18. The van der Waals surface area contributed by atoms with Crippen molar-refractivity contribution in [3.8, 4) is 0 Å². The lowest BCUT2D eigenvalue weighted by Crippen LogP contribution is -1.98. The average Bonchev–Trinajstić information content (AvgIpc) is 2.24. The van der Waals surface area contributed by atoms with Gasteiger partial charge in [-0.15, -0.1) is 0 Å². The van der Waals surface area contributed by atoms with Crippen LogP contribution in [0.25, 0.3) is 0 Å². The lowest BCUT2D eigenvalue weighted by atomic mass is 10.8. The summed E-state index contributed by atoms with van der Waals surface area (Å²) in [7, 11) is -12.7. The smallest absolute Gasteiger partial charge is 0.412 e. The number of rotatable bonds is 8. The monoisotopic (exact) mass is 326 g/mol. The Bertz CT molecular complexity index is 423. The number of hydrogen-bond acceptors (Lipinski definition) is 8. The molecule has 13 heteroatoms. The maximum atomic E-state index is 11.7. The Labute approximate surface area is 103 Å². The first-order chi connectivity index (χ1) is 8.10. The largest absolute Gasteiger partial charge is 0.538 e. The SMILES string of the molecule is CC=COP(=O)(OC)OP(=O)(OC)OP(=O)(O)O. The lowest BCUT2D eigenvalue weighted by molar-refractivity contribution is 0.171. The van der Waals surface area contributed by atoms with Gasteiger partial charge in [-0.25, -0.2) is 13.7 Å². The van der Waals surface area contributed by atoms with Gasteiger partial charge in [-0.05, 0) is 6.92 Å². The summed E-state index contributed by atoms with van der Waals surface area (Å²) in [5.74, 6) is 0. The van der Waals surface area contributed by atoms with E-state index in [-0.39, 0.29) is 0 Å². The fraction of sp³-hybridized carbons (Fsp3) is 0.600. The zero-order valence-corrected chi connectivity index (χ0v) is 12.3. The van der Waals surface area contributed by atoms with Crippen LogP contribution in [-0.2, 0) is 35.9 Å². The van der Waals surface area contributed by atoms with Gasteiger partial charge in [0.2, 0.25) is 0 Å². The van der Waals surface area contributed by atoms with Gasteiger partial charge >= 0.3 is 23.5 Å². The third-order valence-corrected chi connectivity index (χ3v) is 5.70. The zero-order chi connectivity index (χ0) is 14.4. The second-order valence-electron chi connectivity index (χ2n) is 2.49. The molecule has 0 radical (unpaired) electrons. The van der Waals surface area contributed by atoms with Crippen LogP contribution in [0.3, 0.4) is 0 Å². The predicted octanol–water partition coefficient (Wildman–Crippen LogP) is 2.17. The van der Waals surface area contributed by atoms with Crippen LogP contribution in [0.4, 0.5) is 0 Å². The molecule has 0 amide bonds. The Morgan fingerprint density at radius 3 is 1.78 bits per heavy atom. The highest BCUT2D eigenvalue weighted by Gasteiger charge is 2.44. The molecule has 0 aromatic rings. The van der Waals surface area contributed by atoms with Crippen LogP contribution < -0.4 is 0 Å². The fourth-order valence-electron chi connectivity index (χ4n) is 0.565. The number of allylic oxidation sites excluding steroid dienone is 1. The summed E-state index contributed by atoms with van der Waals surface area (Å²) < 4.78 is 54.9. The first-order valence-electron chi connectivity index (χ1n) is 4.19. The van der Waals surface area contributed by atoms with Gasteiger partial charge in [0.05, 0.1) is 6.26 Å². The molecule has 0 aromatic heterocycles. The summed E-state index contributed by atoms with van der Waals surface area (Å²) in [5.41, 5.74) is 0. The molecule has 0 spiro atoms. The quantitative estimate of drug-likeness (QED) is 0.504. The van der Waals surface area contributed by atoms with Crippen LogP contribution in [0, 0.1) is 0 Å². The van der Waals surface area contributed by atoms with Gasteiger partial charge in [0, 0.05) is 14.2 Å². The minimum absolute atomic E-state index is 0.770. The highest BCUT2D eigenvalue weighted by molar-refractivity contribution is 7.67. The molecule has 0 heterocycles. The van der Waals surface area contributed by atoms with Gasteiger partial charge in [0.1, 0.15) is 0 Å². The number of phosphoric ester groups is 1. The van der Waals surface area contributed by atoms with Crippen LogP contribution >= 0.6 is 23.5 Å². The highest BCUT2D eigenvalue weighted by Crippen LogP contribution is 2.70. The summed E-state index contributed by atoms with van der Waals surface area (Å²) in [6.07, 6.45) is 2.22. The van der Waals surface area contributed by atoms with Crippen LogP contribution in [0.15, 0.2) is 12.3 Å². The van der Waals surface area contributed by atoms with E-state index in [2.05, 4.69) is 22.2 Å². The van der Waals surface area contributed by atoms with Crippen molar-refractivity contribution < 1.29 is 45.7 Å². The summed E-state index contributed by atoms with van der Waals surface area (Å²) in [4.78, 5) is 17.0. The summed E-state index contributed by atoms with van der Waals surface area (Å²) >= 11 is 0. The molecule has 10 nitrogen and oxygen atoms in total. The average molecular weight is 326 g/mol. The van der Waals surface area contributed by atoms with Crippen LogP contribution in [0.1, 0.15) is 6.92 Å². The van der Waals surface area contributed by atoms with Gasteiger partial charge in [-0.2, -0.15) is 8.62 Å². The molecule has 0 rings (SSSR count). The van der Waals surface area contributed by atoms with E-state index in [1.54, 1.807) is 0 Å². The molecule has 108 valence electrons. The van der Waals surface area contributed by atoms with E-state index in [1.165, 1.54) is 13.0 Å². The van der Waals surface area contributed by atoms with Crippen LogP contribution in [-0.4, -0.2) is 24.0 Å². The number of phosphoric acid groups is 3. The first kappa shape index (κ1) is 18.0. The molecule has 2 unspecified atom stereocenters. The second kappa shape index (κ2) is 6.96. The Morgan fingerprint density at radius 2 is 1.44 bits per heavy atom. The van der Waals surface area contributed by atoms with Gasteiger partial charge < -0.3 is 14.3 Å². The van der Waals surface area contributed by atoms with E-state index in [4.69, 9.17) is 9.79 Å². The molecule has 0 saturated heterocycles. The number of hydrogen-bond donors (Lipinski definition) is 2. The van der Waals surface area contributed by atoms with Gasteiger partial charge in [0.15, 0.2) is 0 Å². The van der Waals surface area contributed by atoms with Crippen molar-refractivity contribution in [2.24, 2.45) is 0 Å². The molecular weight excluding hydrogens is 313 g/mol. The van der Waals surface area contributed by atoms with Crippen molar-refractivity contribution in [3.05, 3.63) is 12.3 Å². The van der Waals surface area contributed by atoms with Crippen molar-refractivity contribution in [3.63, 3.8) is 0 Å². The van der Waals surface area contributed by atoms with Crippen molar-refractivity contribution in [2.75, 3.05) is 14.2 Å². The summed E-state index contributed by atoms with van der Waals surface area (Å²) in [6, 6.07) is 0.